The third-order valence-corrected chi connectivity index (χ3v) is 2.86. The lowest BCUT2D eigenvalue weighted by atomic mass is 10.3. The van der Waals surface area contributed by atoms with E-state index in [0.717, 1.165) is 4.90 Å². The molecular formula is C8H8BrNO2S. The van der Waals surface area contributed by atoms with Crippen LogP contribution < -0.4 is 0 Å². The summed E-state index contributed by atoms with van der Waals surface area (Å²) in [6.45, 7) is 0. The van der Waals surface area contributed by atoms with Gasteiger partial charge < -0.3 is 4.74 Å². The lowest BCUT2D eigenvalue weighted by molar-refractivity contribution is 0.0595. The van der Waals surface area contributed by atoms with Crippen molar-refractivity contribution in [2.45, 2.75) is 4.90 Å². The SMILES string of the molecule is COC(=O)c1c(SC)ccnc1Br. The molecule has 0 saturated heterocycles. The van der Waals surface area contributed by atoms with Gasteiger partial charge in [0.25, 0.3) is 0 Å². The third kappa shape index (κ3) is 2.22. The van der Waals surface area contributed by atoms with Crippen LogP contribution in [0.2, 0.25) is 0 Å². The zero-order valence-corrected chi connectivity index (χ0v) is 9.61. The third-order valence-electron chi connectivity index (χ3n) is 1.48. The first-order chi connectivity index (χ1) is 6.20. The number of methoxy groups -OCH3 is 1. The number of pyridine rings is 1. The van der Waals surface area contributed by atoms with E-state index in [-0.39, 0.29) is 5.97 Å². The monoisotopic (exact) mass is 261 g/mol. The molecule has 13 heavy (non-hydrogen) atoms. The van der Waals surface area contributed by atoms with Gasteiger partial charge in [-0.1, -0.05) is 0 Å². The van der Waals surface area contributed by atoms with Crippen molar-refractivity contribution in [3.05, 3.63) is 22.4 Å². The Bertz CT molecular complexity index is 330. The predicted octanol–water partition coefficient (Wildman–Crippen LogP) is 2.35. The highest BCUT2D eigenvalue weighted by Crippen LogP contribution is 2.25. The number of esters is 1. The molecule has 1 aromatic rings. The largest absolute Gasteiger partial charge is 0.465 e. The molecule has 0 aliphatic carbocycles. The van der Waals surface area contributed by atoms with Crippen molar-refractivity contribution < 1.29 is 9.53 Å². The molecule has 0 N–H and O–H groups in total. The topological polar surface area (TPSA) is 39.2 Å². The maximum absolute atomic E-state index is 11.3. The number of aromatic nitrogens is 1. The van der Waals surface area contributed by atoms with E-state index in [2.05, 4.69) is 25.7 Å². The zero-order chi connectivity index (χ0) is 9.84. The number of rotatable bonds is 2. The lowest BCUT2D eigenvalue weighted by Crippen LogP contribution is -2.05. The summed E-state index contributed by atoms with van der Waals surface area (Å²) >= 11 is 4.69. The van der Waals surface area contributed by atoms with Gasteiger partial charge in [-0.3, -0.25) is 0 Å². The van der Waals surface area contributed by atoms with Crippen molar-refractivity contribution in [3.63, 3.8) is 0 Å². The van der Waals surface area contributed by atoms with Gasteiger partial charge in [0, 0.05) is 11.1 Å². The van der Waals surface area contributed by atoms with Crippen LogP contribution in [-0.2, 0) is 4.74 Å². The highest BCUT2D eigenvalue weighted by molar-refractivity contribution is 9.10. The fourth-order valence-electron chi connectivity index (χ4n) is 0.877. The maximum Gasteiger partial charge on any atom is 0.341 e. The Kier molecular flexibility index (Phi) is 3.74. The summed E-state index contributed by atoms with van der Waals surface area (Å²) in [7, 11) is 1.35. The van der Waals surface area contributed by atoms with Crippen LogP contribution in [0.15, 0.2) is 21.8 Å². The quantitative estimate of drug-likeness (QED) is 0.466. The van der Waals surface area contributed by atoms with E-state index in [4.69, 9.17) is 0 Å². The molecule has 1 heterocycles. The van der Waals surface area contributed by atoms with Crippen molar-refractivity contribution in [2.75, 3.05) is 13.4 Å². The number of hydrogen-bond acceptors (Lipinski definition) is 4. The van der Waals surface area contributed by atoms with Crippen molar-refractivity contribution in [2.24, 2.45) is 0 Å². The van der Waals surface area contributed by atoms with Gasteiger partial charge >= 0.3 is 5.97 Å². The molecule has 0 saturated carbocycles. The Morgan fingerprint density at radius 1 is 1.69 bits per heavy atom. The molecule has 0 spiro atoms. The highest BCUT2D eigenvalue weighted by Gasteiger charge is 2.15. The van der Waals surface area contributed by atoms with E-state index >= 15 is 0 Å². The summed E-state index contributed by atoms with van der Waals surface area (Å²) in [6, 6.07) is 1.78. The van der Waals surface area contributed by atoms with Gasteiger partial charge in [-0.15, -0.1) is 11.8 Å². The van der Waals surface area contributed by atoms with Crippen LogP contribution in [0.5, 0.6) is 0 Å². The number of thioether (sulfide) groups is 1. The molecule has 0 amide bonds. The molecule has 0 fully saturated rings. The predicted molar refractivity (Wildman–Crippen MR) is 55.1 cm³/mol. The Balaban J connectivity index is 3.22. The van der Waals surface area contributed by atoms with E-state index in [9.17, 15) is 4.79 Å². The summed E-state index contributed by atoms with van der Waals surface area (Å²) in [5.74, 6) is -0.371. The molecule has 0 aromatic carbocycles. The fraction of sp³-hybridized carbons (Fsp3) is 0.250. The summed E-state index contributed by atoms with van der Waals surface area (Å²) in [5, 5.41) is 0. The van der Waals surface area contributed by atoms with Gasteiger partial charge in [0.1, 0.15) is 10.2 Å². The molecule has 3 nitrogen and oxygen atoms in total. The number of hydrogen-bond donors (Lipinski definition) is 0. The maximum atomic E-state index is 11.3. The molecular weight excluding hydrogens is 254 g/mol. The first-order valence-electron chi connectivity index (χ1n) is 3.47. The standard InChI is InChI=1S/C8H8BrNO2S/c1-12-8(11)6-5(13-2)3-4-10-7(6)9/h3-4H,1-2H3. The van der Waals surface area contributed by atoms with Crippen LogP contribution in [0.3, 0.4) is 0 Å². The number of carbonyl (C=O) groups is 1. The molecule has 0 bridgehead atoms. The normalized spacial score (nSPS) is 9.77. The Morgan fingerprint density at radius 2 is 2.38 bits per heavy atom. The molecule has 0 radical (unpaired) electrons. The fourth-order valence-corrected chi connectivity index (χ4v) is 2.08. The molecule has 0 aliphatic heterocycles. The van der Waals surface area contributed by atoms with Crippen LogP contribution in [0.4, 0.5) is 0 Å². The zero-order valence-electron chi connectivity index (χ0n) is 7.20. The van der Waals surface area contributed by atoms with Crippen LogP contribution in [0.1, 0.15) is 10.4 Å². The summed E-state index contributed by atoms with van der Waals surface area (Å²) in [6.07, 6.45) is 3.54. The van der Waals surface area contributed by atoms with Gasteiger partial charge in [0.15, 0.2) is 0 Å². The second kappa shape index (κ2) is 4.62. The molecule has 70 valence electrons. The van der Waals surface area contributed by atoms with Gasteiger partial charge in [-0.2, -0.15) is 0 Å². The van der Waals surface area contributed by atoms with Gasteiger partial charge in [-0.05, 0) is 28.3 Å². The van der Waals surface area contributed by atoms with E-state index in [0.29, 0.717) is 10.2 Å². The second-order valence-corrected chi connectivity index (χ2v) is 3.77. The van der Waals surface area contributed by atoms with Crippen molar-refractivity contribution in [3.8, 4) is 0 Å². The van der Waals surface area contributed by atoms with Gasteiger partial charge in [-0.25, -0.2) is 9.78 Å². The molecule has 0 aliphatic rings. The van der Waals surface area contributed by atoms with Crippen LogP contribution in [0.25, 0.3) is 0 Å². The number of ether oxygens (including phenoxy) is 1. The summed E-state index contributed by atoms with van der Waals surface area (Å²) in [4.78, 5) is 16.1. The van der Waals surface area contributed by atoms with E-state index < -0.39 is 0 Å². The average molecular weight is 262 g/mol. The average Bonchev–Trinajstić information content (AvgIpc) is 2.16. The Morgan fingerprint density at radius 3 is 2.92 bits per heavy atom. The number of carbonyl (C=O) groups excluding carboxylic acids is 1. The first-order valence-corrected chi connectivity index (χ1v) is 5.49. The minimum Gasteiger partial charge on any atom is -0.465 e. The summed E-state index contributed by atoms with van der Waals surface area (Å²) < 4.78 is 5.16. The molecule has 0 atom stereocenters. The minimum absolute atomic E-state index is 0.371. The molecule has 5 heteroatoms. The first kappa shape index (κ1) is 10.5. The van der Waals surface area contributed by atoms with E-state index in [1.165, 1.54) is 18.9 Å². The Labute approximate surface area is 89.0 Å². The van der Waals surface area contributed by atoms with Crippen LogP contribution >= 0.6 is 27.7 Å². The molecule has 1 aromatic heterocycles. The van der Waals surface area contributed by atoms with E-state index in [1.807, 2.05) is 6.26 Å². The van der Waals surface area contributed by atoms with Gasteiger partial charge in [0.05, 0.1) is 7.11 Å². The minimum atomic E-state index is -0.371. The highest BCUT2D eigenvalue weighted by atomic mass is 79.9. The van der Waals surface area contributed by atoms with Crippen molar-refractivity contribution in [1.82, 2.24) is 4.98 Å². The van der Waals surface area contributed by atoms with Crippen LogP contribution in [0, 0.1) is 0 Å². The molecule has 1 rings (SSSR count). The van der Waals surface area contributed by atoms with Crippen molar-refractivity contribution >= 4 is 33.7 Å². The summed E-state index contributed by atoms with van der Waals surface area (Å²) in [5.41, 5.74) is 0.484. The van der Waals surface area contributed by atoms with Crippen molar-refractivity contribution in [1.29, 1.82) is 0 Å². The Hall–Kier alpha value is -0.550. The second-order valence-electron chi connectivity index (χ2n) is 2.17. The van der Waals surface area contributed by atoms with Crippen LogP contribution in [-0.4, -0.2) is 24.3 Å². The van der Waals surface area contributed by atoms with E-state index in [1.54, 1.807) is 12.3 Å². The van der Waals surface area contributed by atoms with Gasteiger partial charge in [0.2, 0.25) is 0 Å². The lowest BCUT2D eigenvalue weighted by Gasteiger charge is -2.05. The number of halogens is 1. The smallest absolute Gasteiger partial charge is 0.341 e. The number of nitrogens with zero attached hydrogens (tertiary/aromatic N) is 1. The molecule has 0 unspecified atom stereocenters.